The van der Waals surface area contributed by atoms with Crippen LogP contribution < -0.4 is 10.1 Å². The molecular weight excluding hydrogens is 344 g/mol. The molecule has 0 saturated carbocycles. The molecule has 1 aliphatic heterocycles. The van der Waals surface area contributed by atoms with E-state index in [0.29, 0.717) is 13.1 Å². The molecule has 0 bridgehead atoms. The summed E-state index contributed by atoms with van der Waals surface area (Å²) in [5, 5.41) is 2.62. The zero-order chi connectivity index (χ0) is 20.2. The van der Waals surface area contributed by atoms with Crippen LogP contribution in [0.1, 0.15) is 51.7 Å². The first-order chi connectivity index (χ1) is 12.6. The molecule has 150 valence electrons. The van der Waals surface area contributed by atoms with E-state index in [0.717, 1.165) is 29.7 Å². The molecular formula is C21H32N2O4. The van der Waals surface area contributed by atoms with Gasteiger partial charge in [0, 0.05) is 25.9 Å². The second kappa shape index (κ2) is 8.63. The molecule has 1 unspecified atom stereocenters. The number of hydrogen-bond acceptors (Lipinski definition) is 4. The summed E-state index contributed by atoms with van der Waals surface area (Å²) in [5.41, 5.74) is 1.67. The van der Waals surface area contributed by atoms with Crippen molar-refractivity contribution in [2.75, 3.05) is 13.1 Å². The smallest absolute Gasteiger partial charge is 0.408 e. The summed E-state index contributed by atoms with van der Waals surface area (Å²) in [4.78, 5) is 26.2. The van der Waals surface area contributed by atoms with E-state index >= 15 is 0 Å². The standard InChI is InChI=1S/C21H32N2O4/c1-14-8-7-9-15(2)18(14)26-17-10-12-23(13-11-17)19(24)16(3)22-20(25)27-21(4,5)6/h7-9,16-17H,10-13H2,1-6H3,(H,22,25). The normalized spacial score (nSPS) is 16.6. The number of amides is 2. The Labute approximate surface area is 162 Å². The predicted octanol–water partition coefficient (Wildman–Crippen LogP) is 3.59. The van der Waals surface area contributed by atoms with Gasteiger partial charge in [-0.05, 0) is 52.7 Å². The Morgan fingerprint density at radius 3 is 2.22 bits per heavy atom. The lowest BCUT2D eigenvalue weighted by molar-refractivity contribution is -0.134. The average Bonchev–Trinajstić information content (AvgIpc) is 2.56. The van der Waals surface area contributed by atoms with Crippen LogP contribution in [0, 0.1) is 13.8 Å². The minimum Gasteiger partial charge on any atom is -0.490 e. The van der Waals surface area contributed by atoms with Crippen molar-refractivity contribution in [2.24, 2.45) is 0 Å². The Kier molecular flexibility index (Phi) is 6.73. The van der Waals surface area contributed by atoms with Crippen molar-refractivity contribution in [1.82, 2.24) is 10.2 Å². The molecule has 1 atom stereocenters. The fraction of sp³-hybridized carbons (Fsp3) is 0.619. The van der Waals surface area contributed by atoms with E-state index in [2.05, 4.69) is 5.32 Å². The monoisotopic (exact) mass is 376 g/mol. The van der Waals surface area contributed by atoms with Crippen LogP contribution >= 0.6 is 0 Å². The van der Waals surface area contributed by atoms with Crippen LogP contribution in [0.4, 0.5) is 4.79 Å². The molecule has 2 rings (SSSR count). The first-order valence-corrected chi connectivity index (χ1v) is 9.58. The van der Waals surface area contributed by atoms with Gasteiger partial charge >= 0.3 is 6.09 Å². The number of carbonyl (C=O) groups is 2. The van der Waals surface area contributed by atoms with Crippen LogP contribution in [0.25, 0.3) is 0 Å². The van der Waals surface area contributed by atoms with Crippen LogP contribution in [0.3, 0.4) is 0 Å². The number of para-hydroxylation sites is 1. The summed E-state index contributed by atoms with van der Waals surface area (Å²) in [6, 6.07) is 5.50. The molecule has 0 radical (unpaired) electrons. The molecule has 27 heavy (non-hydrogen) atoms. The molecule has 1 aromatic rings. The van der Waals surface area contributed by atoms with Gasteiger partial charge in [0.1, 0.15) is 23.5 Å². The second-order valence-corrected chi connectivity index (χ2v) is 8.23. The second-order valence-electron chi connectivity index (χ2n) is 8.23. The molecule has 1 heterocycles. The molecule has 0 aliphatic carbocycles. The van der Waals surface area contributed by atoms with E-state index in [1.54, 1.807) is 32.6 Å². The van der Waals surface area contributed by atoms with Crippen LogP contribution in [-0.4, -0.2) is 47.7 Å². The maximum absolute atomic E-state index is 12.6. The van der Waals surface area contributed by atoms with Crippen molar-refractivity contribution in [1.29, 1.82) is 0 Å². The van der Waals surface area contributed by atoms with Gasteiger partial charge in [0.05, 0.1) is 0 Å². The third kappa shape index (κ3) is 6.15. The number of likely N-dealkylation sites (tertiary alicyclic amines) is 1. The van der Waals surface area contributed by atoms with Gasteiger partial charge in [0.15, 0.2) is 0 Å². The molecule has 1 aromatic carbocycles. The van der Waals surface area contributed by atoms with E-state index in [1.165, 1.54) is 0 Å². The van der Waals surface area contributed by atoms with Crippen molar-refractivity contribution in [2.45, 2.75) is 72.1 Å². The number of piperidine rings is 1. The summed E-state index contributed by atoms with van der Waals surface area (Å²) in [5.74, 6) is 0.855. The molecule has 1 aliphatic rings. The zero-order valence-electron chi connectivity index (χ0n) is 17.3. The van der Waals surface area contributed by atoms with Crippen LogP contribution in [0.2, 0.25) is 0 Å². The molecule has 1 N–H and O–H groups in total. The summed E-state index contributed by atoms with van der Waals surface area (Å²) in [6.07, 6.45) is 1.08. The van der Waals surface area contributed by atoms with Gasteiger partial charge in [0.25, 0.3) is 0 Å². The van der Waals surface area contributed by atoms with E-state index in [9.17, 15) is 9.59 Å². The number of nitrogens with zero attached hydrogens (tertiary/aromatic N) is 1. The SMILES string of the molecule is Cc1cccc(C)c1OC1CCN(C(=O)C(C)NC(=O)OC(C)(C)C)CC1. The maximum atomic E-state index is 12.6. The minimum absolute atomic E-state index is 0.0913. The molecule has 1 fully saturated rings. The van der Waals surface area contributed by atoms with Gasteiger partial charge < -0.3 is 19.7 Å². The highest BCUT2D eigenvalue weighted by Gasteiger charge is 2.29. The lowest BCUT2D eigenvalue weighted by Gasteiger charge is -2.34. The Morgan fingerprint density at radius 1 is 1.15 bits per heavy atom. The lowest BCUT2D eigenvalue weighted by atomic mass is 10.1. The molecule has 2 amide bonds. The number of ether oxygens (including phenoxy) is 2. The van der Waals surface area contributed by atoms with Crippen molar-refractivity contribution < 1.29 is 19.1 Å². The van der Waals surface area contributed by atoms with E-state index < -0.39 is 17.7 Å². The Bertz CT molecular complexity index is 653. The van der Waals surface area contributed by atoms with Crippen molar-refractivity contribution in [3.8, 4) is 5.75 Å². The predicted molar refractivity (Wildman–Crippen MR) is 105 cm³/mol. The molecule has 0 spiro atoms. The average molecular weight is 376 g/mol. The highest BCUT2D eigenvalue weighted by atomic mass is 16.6. The Hall–Kier alpha value is -2.24. The van der Waals surface area contributed by atoms with Gasteiger partial charge in [-0.15, -0.1) is 0 Å². The van der Waals surface area contributed by atoms with E-state index in [-0.39, 0.29) is 12.0 Å². The highest BCUT2D eigenvalue weighted by molar-refractivity contribution is 5.85. The largest absolute Gasteiger partial charge is 0.490 e. The Morgan fingerprint density at radius 2 is 1.70 bits per heavy atom. The number of rotatable bonds is 4. The summed E-state index contributed by atoms with van der Waals surface area (Å²) in [6.45, 7) is 12.4. The van der Waals surface area contributed by atoms with Crippen LogP contribution in [0.15, 0.2) is 18.2 Å². The molecule has 1 saturated heterocycles. The minimum atomic E-state index is -0.615. The van der Waals surface area contributed by atoms with Gasteiger partial charge in [0.2, 0.25) is 5.91 Å². The highest BCUT2D eigenvalue weighted by Crippen LogP contribution is 2.26. The molecule has 6 nitrogen and oxygen atoms in total. The number of aryl methyl sites for hydroxylation is 2. The van der Waals surface area contributed by atoms with Gasteiger partial charge in [-0.2, -0.15) is 0 Å². The lowest BCUT2D eigenvalue weighted by Crippen LogP contribution is -2.51. The zero-order valence-corrected chi connectivity index (χ0v) is 17.3. The van der Waals surface area contributed by atoms with Gasteiger partial charge in [-0.3, -0.25) is 4.79 Å². The van der Waals surface area contributed by atoms with E-state index in [1.807, 2.05) is 32.0 Å². The summed E-state index contributed by atoms with van der Waals surface area (Å²) >= 11 is 0. The van der Waals surface area contributed by atoms with Gasteiger partial charge in [-0.1, -0.05) is 18.2 Å². The number of hydrogen-bond donors (Lipinski definition) is 1. The fourth-order valence-corrected chi connectivity index (χ4v) is 3.17. The summed E-state index contributed by atoms with van der Waals surface area (Å²) < 4.78 is 11.4. The first kappa shape index (κ1) is 21.1. The van der Waals surface area contributed by atoms with E-state index in [4.69, 9.17) is 9.47 Å². The van der Waals surface area contributed by atoms with Crippen LogP contribution in [-0.2, 0) is 9.53 Å². The van der Waals surface area contributed by atoms with Gasteiger partial charge in [-0.25, -0.2) is 4.79 Å². The maximum Gasteiger partial charge on any atom is 0.408 e. The van der Waals surface area contributed by atoms with Crippen molar-refractivity contribution in [3.63, 3.8) is 0 Å². The molecule has 0 aromatic heterocycles. The van der Waals surface area contributed by atoms with Crippen LogP contribution in [0.5, 0.6) is 5.75 Å². The fourth-order valence-electron chi connectivity index (χ4n) is 3.17. The Balaban J connectivity index is 1.84. The topological polar surface area (TPSA) is 67.9 Å². The number of benzene rings is 1. The number of alkyl carbamates (subject to hydrolysis) is 1. The third-order valence-electron chi connectivity index (χ3n) is 4.55. The number of nitrogens with one attached hydrogen (secondary N) is 1. The quantitative estimate of drug-likeness (QED) is 0.872. The summed E-state index contributed by atoms with van der Waals surface area (Å²) in [7, 11) is 0. The van der Waals surface area contributed by atoms with Crippen molar-refractivity contribution in [3.05, 3.63) is 29.3 Å². The van der Waals surface area contributed by atoms with Crippen molar-refractivity contribution >= 4 is 12.0 Å². The third-order valence-corrected chi connectivity index (χ3v) is 4.55. The number of carbonyl (C=O) groups excluding carboxylic acids is 2. The first-order valence-electron chi connectivity index (χ1n) is 9.58. The molecule has 6 heteroatoms.